The van der Waals surface area contributed by atoms with Crippen molar-refractivity contribution < 1.29 is 42.2 Å². The summed E-state index contributed by atoms with van der Waals surface area (Å²) in [6, 6.07) is 0. The maximum absolute atomic E-state index is 10.5. The second kappa shape index (κ2) is 9.18. The molecule has 0 rings (SSSR count). The van der Waals surface area contributed by atoms with Gasteiger partial charge in [0.1, 0.15) is 6.61 Å². The van der Waals surface area contributed by atoms with Gasteiger partial charge >= 0.3 is 0 Å². The van der Waals surface area contributed by atoms with Gasteiger partial charge in [-0.3, -0.25) is 11.2 Å². The molecule has 0 aromatic rings. The van der Waals surface area contributed by atoms with Gasteiger partial charge in [0, 0.05) is 32.7 Å². The molecule has 0 saturated carbocycles. The van der Waals surface area contributed by atoms with Crippen molar-refractivity contribution in [1.29, 1.82) is 0 Å². The Morgan fingerprint density at radius 1 is 1.80 bits per heavy atom. The van der Waals surface area contributed by atoms with Crippen LogP contribution >= 0.6 is 0 Å². The minimum Gasteiger partial charge on any atom is -0.484 e. The van der Waals surface area contributed by atoms with Crippen molar-refractivity contribution in [3.05, 3.63) is 19.1 Å². The normalized spacial score (nSPS) is 7.30. The first-order valence-electron chi connectivity index (χ1n) is 2.92. The van der Waals surface area contributed by atoms with Crippen molar-refractivity contribution in [3.8, 4) is 0 Å². The Labute approximate surface area is 86.9 Å². The average Bonchev–Trinajstić information content (AvgIpc) is 1.85. The number of hydrogen-bond acceptors (Lipinski definition) is 2. The van der Waals surface area contributed by atoms with E-state index in [4.69, 9.17) is 0 Å². The number of rotatable bonds is 4. The Hall–Kier alpha value is 0.184. The monoisotopic (exact) mass is 216 g/mol. The molecule has 10 heavy (non-hydrogen) atoms. The zero-order chi connectivity index (χ0) is 7.11. The smallest absolute Gasteiger partial charge is 0.167 e. The van der Waals surface area contributed by atoms with Gasteiger partial charge in [0.25, 0.3) is 0 Å². The standard InChI is InChI=1S/C7H11O2.Y/c1-3-5-7(8)9-6-4-2;/h4-5H,2-3,6H2,1H3;/q-1;. The molecule has 0 bridgehead atoms. The van der Waals surface area contributed by atoms with Crippen LogP contribution in [0.1, 0.15) is 13.3 Å². The van der Waals surface area contributed by atoms with E-state index in [0.717, 1.165) is 6.42 Å². The molecular formula is C7H11O2Y-. The van der Waals surface area contributed by atoms with Crippen LogP contribution in [0.2, 0.25) is 0 Å². The molecule has 0 atom stereocenters. The summed E-state index contributed by atoms with van der Waals surface area (Å²) in [7, 11) is 0. The Morgan fingerprint density at radius 2 is 2.40 bits per heavy atom. The molecule has 0 amide bonds. The molecule has 0 aliphatic rings. The number of carbonyl (C=O) groups is 1. The van der Waals surface area contributed by atoms with Crippen molar-refractivity contribution >= 4 is 5.97 Å². The number of hydrogen-bond donors (Lipinski definition) is 0. The molecule has 55 valence electrons. The summed E-state index contributed by atoms with van der Waals surface area (Å²) < 4.78 is 4.62. The number of esters is 1. The zero-order valence-corrected chi connectivity index (χ0v) is 9.01. The summed E-state index contributed by atoms with van der Waals surface area (Å²) in [6.07, 6.45) is 3.75. The third-order valence-electron chi connectivity index (χ3n) is 0.714. The van der Waals surface area contributed by atoms with E-state index in [1.807, 2.05) is 6.92 Å². The van der Waals surface area contributed by atoms with E-state index in [1.54, 1.807) is 6.08 Å². The number of carbonyl (C=O) groups excluding carboxylic acids is 1. The average molecular weight is 216 g/mol. The van der Waals surface area contributed by atoms with Crippen LogP contribution in [0.5, 0.6) is 0 Å². The second-order valence-corrected chi connectivity index (χ2v) is 1.53. The SMILES string of the molecule is C=CCOC(=O)[CH-]CC.[Y]. The molecule has 2 nitrogen and oxygen atoms in total. The Bertz CT molecular complexity index is 102. The van der Waals surface area contributed by atoms with Gasteiger partial charge in [-0.2, -0.15) is 6.42 Å². The van der Waals surface area contributed by atoms with Crippen LogP contribution in [0, 0.1) is 6.42 Å². The van der Waals surface area contributed by atoms with Crippen molar-refractivity contribution in [2.75, 3.05) is 6.61 Å². The van der Waals surface area contributed by atoms with Crippen LogP contribution in [0.3, 0.4) is 0 Å². The van der Waals surface area contributed by atoms with Gasteiger partial charge in [0.2, 0.25) is 0 Å². The third-order valence-corrected chi connectivity index (χ3v) is 0.714. The van der Waals surface area contributed by atoms with E-state index >= 15 is 0 Å². The molecule has 0 heterocycles. The predicted molar refractivity (Wildman–Crippen MR) is 35.7 cm³/mol. The summed E-state index contributed by atoms with van der Waals surface area (Å²) in [4.78, 5) is 10.5. The quantitative estimate of drug-likeness (QED) is 0.402. The molecule has 0 aromatic heterocycles. The Balaban J connectivity index is 0. The molecule has 0 fully saturated rings. The summed E-state index contributed by atoms with van der Waals surface area (Å²) >= 11 is 0. The van der Waals surface area contributed by atoms with E-state index in [1.165, 1.54) is 6.42 Å². The van der Waals surface area contributed by atoms with Crippen molar-refractivity contribution in [2.45, 2.75) is 13.3 Å². The molecule has 0 saturated heterocycles. The first kappa shape index (κ1) is 12.8. The van der Waals surface area contributed by atoms with Crippen LogP contribution < -0.4 is 0 Å². The van der Waals surface area contributed by atoms with Crippen LogP contribution in [0.4, 0.5) is 0 Å². The second-order valence-electron chi connectivity index (χ2n) is 1.53. The van der Waals surface area contributed by atoms with Crippen LogP contribution in [0.15, 0.2) is 12.7 Å². The van der Waals surface area contributed by atoms with Gasteiger partial charge in [-0.05, 0) is 0 Å². The fraction of sp³-hybridized carbons (Fsp3) is 0.429. The summed E-state index contributed by atoms with van der Waals surface area (Å²) in [5.74, 6) is -0.266. The van der Waals surface area contributed by atoms with Gasteiger partial charge in [-0.15, -0.1) is 0 Å². The molecule has 0 aromatic carbocycles. The maximum atomic E-state index is 10.5. The van der Waals surface area contributed by atoms with E-state index in [-0.39, 0.29) is 38.7 Å². The zero-order valence-electron chi connectivity index (χ0n) is 6.17. The summed E-state index contributed by atoms with van der Waals surface area (Å²) in [5.41, 5.74) is 0. The largest absolute Gasteiger partial charge is 0.484 e. The van der Waals surface area contributed by atoms with E-state index < -0.39 is 0 Å². The molecule has 0 N–H and O–H groups in total. The first-order valence-corrected chi connectivity index (χ1v) is 2.92. The summed E-state index contributed by atoms with van der Waals surface area (Å²) in [6.45, 7) is 5.59. The van der Waals surface area contributed by atoms with Crippen molar-refractivity contribution in [3.63, 3.8) is 0 Å². The fourth-order valence-corrected chi connectivity index (χ4v) is 0.367. The predicted octanol–water partition coefficient (Wildman–Crippen LogP) is 1.33. The molecule has 0 spiro atoms. The Morgan fingerprint density at radius 3 is 2.80 bits per heavy atom. The minimum atomic E-state index is -0.266. The van der Waals surface area contributed by atoms with E-state index in [0.29, 0.717) is 6.61 Å². The molecular weight excluding hydrogens is 205 g/mol. The third kappa shape index (κ3) is 8.18. The molecule has 1 radical (unpaired) electrons. The Kier molecular flexibility index (Phi) is 11.8. The van der Waals surface area contributed by atoms with Gasteiger partial charge in [0.05, 0.1) is 0 Å². The molecule has 0 aliphatic carbocycles. The van der Waals surface area contributed by atoms with Gasteiger partial charge in [0.15, 0.2) is 5.97 Å². The summed E-state index contributed by atoms with van der Waals surface area (Å²) in [5, 5.41) is 0. The van der Waals surface area contributed by atoms with Crippen molar-refractivity contribution in [1.82, 2.24) is 0 Å². The minimum absolute atomic E-state index is 0. The fourth-order valence-electron chi connectivity index (χ4n) is 0.367. The number of ether oxygens (including phenoxy) is 1. The molecule has 0 aliphatic heterocycles. The molecule has 0 unspecified atom stereocenters. The topological polar surface area (TPSA) is 26.3 Å². The van der Waals surface area contributed by atoms with Crippen LogP contribution in [-0.4, -0.2) is 12.6 Å². The molecule has 3 heteroatoms. The van der Waals surface area contributed by atoms with Gasteiger partial charge in [-0.1, -0.05) is 19.6 Å². The van der Waals surface area contributed by atoms with Crippen LogP contribution in [-0.2, 0) is 42.2 Å². The maximum Gasteiger partial charge on any atom is 0.167 e. The van der Waals surface area contributed by atoms with E-state index in [9.17, 15) is 4.79 Å². The van der Waals surface area contributed by atoms with Gasteiger partial charge < -0.3 is 4.74 Å². The first-order chi connectivity index (χ1) is 4.31. The van der Waals surface area contributed by atoms with Gasteiger partial charge in [-0.25, -0.2) is 0 Å². The van der Waals surface area contributed by atoms with E-state index in [2.05, 4.69) is 11.3 Å². The van der Waals surface area contributed by atoms with Crippen LogP contribution in [0.25, 0.3) is 0 Å². The van der Waals surface area contributed by atoms with Crippen molar-refractivity contribution in [2.24, 2.45) is 0 Å².